The van der Waals surface area contributed by atoms with Crippen molar-refractivity contribution in [2.45, 2.75) is 51.6 Å². The number of amides is 1. The zero-order valence-corrected chi connectivity index (χ0v) is 15.9. The summed E-state index contributed by atoms with van der Waals surface area (Å²) in [5.74, 6) is -2.53. The number of ether oxygens (including phenoxy) is 1. The van der Waals surface area contributed by atoms with Gasteiger partial charge in [-0.05, 0) is 37.5 Å². The Morgan fingerprint density at radius 3 is 2.43 bits per heavy atom. The van der Waals surface area contributed by atoms with Gasteiger partial charge < -0.3 is 9.64 Å². The highest BCUT2D eigenvalue weighted by molar-refractivity contribution is 5.96. The van der Waals surface area contributed by atoms with Crippen LogP contribution in [0.4, 0.5) is 17.6 Å². The van der Waals surface area contributed by atoms with Gasteiger partial charge in [0, 0.05) is 13.1 Å². The van der Waals surface area contributed by atoms with Crippen LogP contribution in [-0.2, 0) is 15.7 Å². The first-order valence-electron chi connectivity index (χ1n) is 9.56. The van der Waals surface area contributed by atoms with E-state index in [2.05, 4.69) is 6.92 Å². The zero-order valence-electron chi connectivity index (χ0n) is 15.9. The van der Waals surface area contributed by atoms with E-state index in [-0.39, 0.29) is 25.0 Å². The average molecular weight is 403 g/mol. The number of carbonyl (C=O) groups is 2. The van der Waals surface area contributed by atoms with E-state index < -0.39 is 29.0 Å². The highest BCUT2D eigenvalue weighted by Gasteiger charge is 2.37. The van der Waals surface area contributed by atoms with Crippen molar-refractivity contribution in [2.24, 2.45) is 5.92 Å². The largest absolute Gasteiger partial charge is 0.465 e. The van der Waals surface area contributed by atoms with Crippen LogP contribution in [0.1, 0.15) is 61.4 Å². The van der Waals surface area contributed by atoms with E-state index in [4.69, 9.17) is 4.74 Å². The van der Waals surface area contributed by atoms with Gasteiger partial charge in [0.1, 0.15) is 5.82 Å². The van der Waals surface area contributed by atoms with Crippen molar-refractivity contribution in [1.29, 1.82) is 0 Å². The molecule has 0 unspecified atom stereocenters. The van der Waals surface area contributed by atoms with Gasteiger partial charge >= 0.3 is 12.1 Å². The van der Waals surface area contributed by atoms with Gasteiger partial charge in [0.15, 0.2) is 0 Å². The van der Waals surface area contributed by atoms with Crippen LogP contribution in [0.2, 0.25) is 0 Å². The van der Waals surface area contributed by atoms with Crippen LogP contribution in [0, 0.1) is 11.7 Å². The number of esters is 1. The van der Waals surface area contributed by atoms with Gasteiger partial charge in [0.25, 0.3) is 5.91 Å². The fourth-order valence-electron chi connectivity index (χ4n) is 3.25. The van der Waals surface area contributed by atoms with Gasteiger partial charge in [-0.15, -0.1) is 0 Å². The summed E-state index contributed by atoms with van der Waals surface area (Å²) in [5, 5.41) is 0. The fraction of sp³-hybridized carbons (Fsp3) is 0.600. The summed E-state index contributed by atoms with van der Waals surface area (Å²) in [4.78, 5) is 25.9. The number of likely N-dealkylation sites (tertiary alicyclic amines) is 1. The van der Waals surface area contributed by atoms with E-state index in [0.717, 1.165) is 37.8 Å². The quantitative estimate of drug-likeness (QED) is 0.373. The van der Waals surface area contributed by atoms with Crippen LogP contribution in [0.25, 0.3) is 0 Å². The molecule has 1 heterocycles. The lowest BCUT2D eigenvalue weighted by atomic mass is 9.96. The maximum absolute atomic E-state index is 13.2. The van der Waals surface area contributed by atoms with Crippen LogP contribution in [0.15, 0.2) is 18.2 Å². The number of hydrogen-bond acceptors (Lipinski definition) is 3. The first-order valence-corrected chi connectivity index (χ1v) is 9.56. The molecule has 0 saturated carbocycles. The molecular weight excluding hydrogens is 378 g/mol. The second-order valence-corrected chi connectivity index (χ2v) is 6.98. The van der Waals surface area contributed by atoms with Crippen molar-refractivity contribution in [3.8, 4) is 0 Å². The van der Waals surface area contributed by atoms with Crippen LogP contribution in [0.5, 0.6) is 0 Å². The summed E-state index contributed by atoms with van der Waals surface area (Å²) >= 11 is 0. The third-order valence-corrected chi connectivity index (χ3v) is 4.88. The minimum Gasteiger partial charge on any atom is -0.465 e. The van der Waals surface area contributed by atoms with Crippen molar-refractivity contribution < 1.29 is 31.9 Å². The molecule has 0 aliphatic carbocycles. The predicted molar refractivity (Wildman–Crippen MR) is 95.1 cm³/mol. The van der Waals surface area contributed by atoms with Gasteiger partial charge in [-0.2, -0.15) is 13.2 Å². The molecule has 1 saturated heterocycles. The van der Waals surface area contributed by atoms with Crippen LogP contribution in [-0.4, -0.2) is 36.5 Å². The topological polar surface area (TPSA) is 46.6 Å². The predicted octanol–water partition coefficient (Wildman–Crippen LogP) is 4.82. The number of halogens is 4. The molecule has 0 N–H and O–H groups in total. The van der Waals surface area contributed by atoms with Crippen molar-refractivity contribution in [3.05, 3.63) is 35.1 Å². The number of alkyl halides is 3. The molecule has 1 fully saturated rings. The average Bonchev–Trinajstić information content (AvgIpc) is 2.66. The second kappa shape index (κ2) is 9.89. The monoisotopic (exact) mass is 403 g/mol. The minimum atomic E-state index is -4.83. The molecule has 0 radical (unpaired) electrons. The second-order valence-electron chi connectivity index (χ2n) is 6.98. The molecule has 1 aromatic rings. The number of nitrogens with zero attached hydrogens (tertiary/aromatic N) is 1. The first-order chi connectivity index (χ1) is 13.2. The van der Waals surface area contributed by atoms with E-state index in [9.17, 15) is 27.2 Å². The molecule has 28 heavy (non-hydrogen) atoms. The molecule has 8 heteroatoms. The number of hydrogen-bond donors (Lipinski definition) is 0. The highest BCUT2D eigenvalue weighted by Crippen LogP contribution is 2.33. The van der Waals surface area contributed by atoms with Crippen molar-refractivity contribution in [2.75, 3.05) is 19.7 Å². The molecule has 1 amide bonds. The van der Waals surface area contributed by atoms with E-state index >= 15 is 0 Å². The summed E-state index contributed by atoms with van der Waals surface area (Å²) in [6, 6.07) is 2.03. The Hall–Kier alpha value is -2.12. The molecule has 2 rings (SSSR count). The fourth-order valence-corrected chi connectivity index (χ4v) is 3.25. The summed E-state index contributed by atoms with van der Waals surface area (Å²) in [7, 11) is 0. The molecule has 0 aromatic heterocycles. The molecule has 0 atom stereocenters. The van der Waals surface area contributed by atoms with Crippen molar-refractivity contribution >= 4 is 11.9 Å². The van der Waals surface area contributed by atoms with E-state index in [1.165, 1.54) is 4.90 Å². The normalized spacial score (nSPS) is 15.5. The number of benzene rings is 1. The van der Waals surface area contributed by atoms with Crippen LogP contribution >= 0.6 is 0 Å². The molecule has 156 valence electrons. The Balaban J connectivity index is 1.91. The summed E-state index contributed by atoms with van der Waals surface area (Å²) in [6.07, 6.45) is -0.180. The SMILES string of the molecule is CCCCCCOC(=O)C1CCN(C(=O)c2ccc(F)cc2C(F)(F)F)CC1. The molecule has 0 spiro atoms. The highest BCUT2D eigenvalue weighted by atomic mass is 19.4. The van der Waals surface area contributed by atoms with Gasteiger partial charge in [-0.1, -0.05) is 26.2 Å². The maximum atomic E-state index is 13.2. The van der Waals surface area contributed by atoms with Crippen LogP contribution in [0.3, 0.4) is 0 Å². The molecule has 1 aliphatic rings. The Morgan fingerprint density at radius 1 is 1.14 bits per heavy atom. The number of rotatable bonds is 7. The van der Waals surface area contributed by atoms with Gasteiger partial charge in [-0.3, -0.25) is 9.59 Å². The summed E-state index contributed by atoms with van der Waals surface area (Å²) in [5.41, 5.74) is -1.86. The lowest BCUT2D eigenvalue weighted by Crippen LogP contribution is -2.41. The Labute approximate surface area is 161 Å². The molecule has 1 aliphatic heterocycles. The third-order valence-electron chi connectivity index (χ3n) is 4.88. The number of unbranched alkanes of at least 4 members (excludes halogenated alkanes) is 3. The van der Waals surface area contributed by atoms with Gasteiger partial charge in [0.05, 0.1) is 23.7 Å². The number of piperidine rings is 1. The van der Waals surface area contributed by atoms with Gasteiger partial charge in [0.2, 0.25) is 0 Å². The Bertz CT molecular complexity index is 683. The third kappa shape index (κ3) is 5.94. The summed E-state index contributed by atoms with van der Waals surface area (Å²) < 4.78 is 57.8. The maximum Gasteiger partial charge on any atom is 0.417 e. The van der Waals surface area contributed by atoms with Crippen LogP contribution < -0.4 is 0 Å². The van der Waals surface area contributed by atoms with E-state index in [1.54, 1.807) is 0 Å². The number of carbonyl (C=O) groups excluding carboxylic acids is 2. The molecule has 1 aromatic carbocycles. The van der Waals surface area contributed by atoms with E-state index in [1.807, 2.05) is 0 Å². The van der Waals surface area contributed by atoms with E-state index in [0.29, 0.717) is 25.5 Å². The molecule has 0 bridgehead atoms. The molecular formula is C20H25F4NO3. The first kappa shape index (κ1) is 22.2. The Morgan fingerprint density at radius 2 is 1.82 bits per heavy atom. The van der Waals surface area contributed by atoms with Gasteiger partial charge in [-0.25, -0.2) is 4.39 Å². The lowest BCUT2D eigenvalue weighted by Gasteiger charge is -2.31. The minimum absolute atomic E-state index is 0.156. The van der Waals surface area contributed by atoms with Crippen molar-refractivity contribution in [1.82, 2.24) is 4.90 Å². The zero-order chi connectivity index (χ0) is 20.7. The smallest absolute Gasteiger partial charge is 0.417 e. The summed E-state index contributed by atoms with van der Waals surface area (Å²) in [6.45, 7) is 2.76. The molecule has 4 nitrogen and oxygen atoms in total. The Kier molecular flexibility index (Phi) is 7.83. The van der Waals surface area contributed by atoms with Crippen molar-refractivity contribution in [3.63, 3.8) is 0 Å². The lowest BCUT2D eigenvalue weighted by molar-refractivity contribution is -0.150. The standard InChI is InChI=1S/C20H25F4NO3/c1-2-3-4-5-12-28-19(27)14-8-10-25(11-9-14)18(26)16-7-6-15(21)13-17(16)20(22,23)24/h6-7,13-14H,2-5,8-12H2,1H3.